The van der Waals surface area contributed by atoms with Gasteiger partial charge in [-0.1, -0.05) is 141 Å². The Morgan fingerprint density at radius 1 is 0.389 bits per heavy atom. The van der Waals surface area contributed by atoms with E-state index < -0.39 is 0 Å². The van der Waals surface area contributed by atoms with Crippen molar-refractivity contribution >= 4 is 43.5 Å². The Kier molecular flexibility index (Phi) is 6.60. The minimum atomic E-state index is -0.106. The van der Waals surface area contributed by atoms with Crippen LogP contribution in [0, 0.1) is 0 Å². The maximum Gasteiger partial charge on any atom is 0.161 e. The molecule has 0 saturated heterocycles. The van der Waals surface area contributed by atoms with Gasteiger partial charge in [-0.2, -0.15) is 0 Å². The molecule has 1 aliphatic carbocycles. The summed E-state index contributed by atoms with van der Waals surface area (Å²) in [5, 5.41) is 6.89. The van der Waals surface area contributed by atoms with Gasteiger partial charge in [0.05, 0.1) is 11.4 Å². The van der Waals surface area contributed by atoms with Gasteiger partial charge in [-0.05, 0) is 97.4 Å². The van der Waals surface area contributed by atoms with Gasteiger partial charge in [-0.3, -0.25) is 0 Å². The molecule has 0 radical (unpaired) electrons. The standard InChI is InChI=1S/C51H34N2O/c1-51(2)44-19-11-10-18-39(44)40-22-20-35(28-45(40)51)47-30-46(31-12-4-3-5-13-31)52-50(53-47)41-24-23-36(37-16-8-9-17-38(37)41)34-21-25-48-42(27-34)43-26-32-14-6-7-15-33(32)29-49(43)54-48/h3-30H,1-2H3. The maximum absolute atomic E-state index is 6.35. The predicted octanol–water partition coefficient (Wildman–Crippen LogP) is 13.7. The zero-order chi connectivity index (χ0) is 36.0. The van der Waals surface area contributed by atoms with Crippen molar-refractivity contribution in [1.82, 2.24) is 9.97 Å². The van der Waals surface area contributed by atoms with Crippen molar-refractivity contribution < 1.29 is 4.42 Å². The van der Waals surface area contributed by atoms with Crippen LogP contribution in [0.15, 0.2) is 174 Å². The van der Waals surface area contributed by atoms with E-state index in [1.54, 1.807) is 0 Å². The van der Waals surface area contributed by atoms with Gasteiger partial charge in [-0.25, -0.2) is 9.97 Å². The number of furan rings is 1. The molecule has 2 heterocycles. The van der Waals surface area contributed by atoms with Crippen LogP contribution in [-0.2, 0) is 5.41 Å². The first-order valence-electron chi connectivity index (χ1n) is 18.6. The highest BCUT2D eigenvalue weighted by Crippen LogP contribution is 2.49. The van der Waals surface area contributed by atoms with Crippen LogP contribution in [0.25, 0.3) is 99.6 Å². The number of rotatable bonds is 4. The second-order valence-corrected chi connectivity index (χ2v) is 15.0. The van der Waals surface area contributed by atoms with Crippen LogP contribution in [0.1, 0.15) is 25.0 Å². The number of hydrogen-bond donors (Lipinski definition) is 0. The molecular formula is C51H34N2O. The van der Waals surface area contributed by atoms with Crippen molar-refractivity contribution in [3.63, 3.8) is 0 Å². The zero-order valence-corrected chi connectivity index (χ0v) is 30.0. The molecule has 0 aliphatic heterocycles. The van der Waals surface area contributed by atoms with E-state index in [0.29, 0.717) is 5.82 Å². The van der Waals surface area contributed by atoms with E-state index in [-0.39, 0.29) is 5.41 Å². The molecular weight excluding hydrogens is 657 g/mol. The predicted molar refractivity (Wildman–Crippen MR) is 224 cm³/mol. The third-order valence-electron chi connectivity index (χ3n) is 11.5. The van der Waals surface area contributed by atoms with E-state index in [9.17, 15) is 0 Å². The molecule has 0 saturated carbocycles. The Morgan fingerprint density at radius 3 is 1.83 bits per heavy atom. The topological polar surface area (TPSA) is 38.9 Å². The summed E-state index contributed by atoms with van der Waals surface area (Å²) in [5.74, 6) is 0.709. The number of hydrogen-bond acceptors (Lipinski definition) is 3. The number of aromatic nitrogens is 2. The minimum absolute atomic E-state index is 0.106. The van der Waals surface area contributed by atoms with Crippen molar-refractivity contribution in [3.05, 3.63) is 181 Å². The van der Waals surface area contributed by atoms with E-state index in [4.69, 9.17) is 14.4 Å². The second kappa shape index (κ2) is 11.6. The first-order valence-corrected chi connectivity index (χ1v) is 18.6. The van der Waals surface area contributed by atoms with Crippen molar-refractivity contribution in [3.8, 4) is 56.2 Å². The van der Waals surface area contributed by atoms with Crippen molar-refractivity contribution in [2.24, 2.45) is 0 Å². The van der Waals surface area contributed by atoms with Crippen molar-refractivity contribution in [2.45, 2.75) is 19.3 Å². The molecule has 0 atom stereocenters. The molecule has 0 amide bonds. The zero-order valence-electron chi connectivity index (χ0n) is 30.0. The fourth-order valence-electron chi connectivity index (χ4n) is 8.71. The van der Waals surface area contributed by atoms with Crippen LogP contribution in [0.2, 0.25) is 0 Å². The fourth-order valence-corrected chi connectivity index (χ4v) is 8.71. The molecule has 11 rings (SSSR count). The van der Waals surface area contributed by atoms with Crippen molar-refractivity contribution in [2.75, 3.05) is 0 Å². The Bertz CT molecular complexity index is 3130. The highest BCUT2D eigenvalue weighted by molar-refractivity contribution is 6.12. The van der Waals surface area contributed by atoms with Gasteiger partial charge in [0.2, 0.25) is 0 Å². The first-order chi connectivity index (χ1) is 26.5. The smallest absolute Gasteiger partial charge is 0.161 e. The quantitative estimate of drug-likeness (QED) is 0.184. The van der Waals surface area contributed by atoms with Gasteiger partial charge < -0.3 is 4.42 Å². The summed E-state index contributed by atoms with van der Waals surface area (Å²) in [6, 6.07) is 60.6. The third-order valence-corrected chi connectivity index (χ3v) is 11.5. The number of nitrogens with zero attached hydrogens (tertiary/aromatic N) is 2. The molecule has 2 aromatic heterocycles. The molecule has 0 N–H and O–H groups in total. The molecule has 254 valence electrons. The molecule has 0 unspecified atom stereocenters. The molecule has 0 fully saturated rings. The summed E-state index contributed by atoms with van der Waals surface area (Å²) < 4.78 is 6.35. The van der Waals surface area contributed by atoms with Gasteiger partial charge in [0, 0.05) is 32.9 Å². The molecule has 3 nitrogen and oxygen atoms in total. The monoisotopic (exact) mass is 690 g/mol. The lowest BCUT2D eigenvalue weighted by molar-refractivity contribution is 0.660. The van der Waals surface area contributed by atoms with Crippen LogP contribution < -0.4 is 0 Å². The lowest BCUT2D eigenvalue weighted by Gasteiger charge is -2.22. The summed E-state index contributed by atoms with van der Waals surface area (Å²) in [5.41, 5.74) is 14.3. The van der Waals surface area contributed by atoms with Gasteiger partial charge in [0.1, 0.15) is 11.2 Å². The minimum Gasteiger partial charge on any atom is -0.456 e. The SMILES string of the molecule is CC1(C)c2ccccc2-c2ccc(-c3cc(-c4ccccc4)nc(-c4ccc(-c5ccc6oc7cc8ccccc8cc7c6c5)c5ccccc45)n3)cc21. The molecule has 0 bridgehead atoms. The molecule has 8 aromatic carbocycles. The van der Waals surface area contributed by atoms with Gasteiger partial charge >= 0.3 is 0 Å². The van der Waals surface area contributed by atoms with E-state index in [1.165, 1.54) is 33.0 Å². The number of fused-ring (bicyclic) bond motifs is 8. The Morgan fingerprint density at radius 2 is 1.00 bits per heavy atom. The average molecular weight is 691 g/mol. The summed E-state index contributed by atoms with van der Waals surface area (Å²) in [6.07, 6.45) is 0. The van der Waals surface area contributed by atoms with Crippen LogP contribution >= 0.6 is 0 Å². The van der Waals surface area contributed by atoms with Gasteiger partial charge in [0.25, 0.3) is 0 Å². The molecule has 0 spiro atoms. The highest BCUT2D eigenvalue weighted by atomic mass is 16.3. The Balaban J connectivity index is 1.07. The van der Waals surface area contributed by atoms with E-state index >= 15 is 0 Å². The summed E-state index contributed by atoms with van der Waals surface area (Å²) >= 11 is 0. The normalized spacial score (nSPS) is 13.1. The van der Waals surface area contributed by atoms with E-state index in [1.807, 2.05) is 6.07 Å². The lowest BCUT2D eigenvalue weighted by atomic mass is 9.82. The average Bonchev–Trinajstić information content (AvgIpc) is 3.69. The Labute approximate surface area is 313 Å². The summed E-state index contributed by atoms with van der Waals surface area (Å²) in [4.78, 5) is 10.6. The summed E-state index contributed by atoms with van der Waals surface area (Å²) in [6.45, 7) is 4.65. The van der Waals surface area contributed by atoms with Crippen LogP contribution in [0.4, 0.5) is 0 Å². The van der Waals surface area contributed by atoms with Crippen LogP contribution in [0.5, 0.6) is 0 Å². The van der Waals surface area contributed by atoms with E-state index in [0.717, 1.165) is 71.9 Å². The third kappa shape index (κ3) is 4.68. The largest absolute Gasteiger partial charge is 0.456 e. The maximum atomic E-state index is 6.35. The first kappa shape index (κ1) is 30.8. The lowest BCUT2D eigenvalue weighted by Crippen LogP contribution is -2.14. The van der Waals surface area contributed by atoms with Crippen molar-refractivity contribution in [1.29, 1.82) is 0 Å². The van der Waals surface area contributed by atoms with Gasteiger partial charge in [-0.15, -0.1) is 0 Å². The summed E-state index contributed by atoms with van der Waals surface area (Å²) in [7, 11) is 0. The Hall–Kier alpha value is -6.84. The van der Waals surface area contributed by atoms with Crippen LogP contribution in [-0.4, -0.2) is 9.97 Å². The second-order valence-electron chi connectivity index (χ2n) is 15.0. The van der Waals surface area contributed by atoms with Crippen LogP contribution in [0.3, 0.4) is 0 Å². The molecule has 10 aromatic rings. The fraction of sp³-hybridized carbons (Fsp3) is 0.0588. The highest BCUT2D eigenvalue weighted by Gasteiger charge is 2.35. The van der Waals surface area contributed by atoms with E-state index in [2.05, 4.69) is 178 Å². The molecule has 3 heteroatoms. The number of benzene rings is 8. The molecule has 54 heavy (non-hydrogen) atoms. The van der Waals surface area contributed by atoms with Gasteiger partial charge in [0.15, 0.2) is 5.82 Å². The molecule has 1 aliphatic rings.